The largest absolute Gasteiger partial charge is 0.872 e. The average molecular weight is 336 g/mol. The number of benzene rings is 2. The van der Waals surface area contributed by atoms with E-state index in [0.717, 1.165) is 18.2 Å². The third-order valence-electron chi connectivity index (χ3n) is 3.00. The van der Waals surface area contributed by atoms with Crippen molar-refractivity contribution in [3.05, 3.63) is 51.0 Å². The number of nitro groups is 1. The second-order valence-electron chi connectivity index (χ2n) is 4.40. The van der Waals surface area contributed by atoms with E-state index in [2.05, 4.69) is 4.99 Å². The summed E-state index contributed by atoms with van der Waals surface area (Å²) in [5, 5.41) is 22.9. The van der Waals surface area contributed by atoms with Crippen LogP contribution < -0.4 is 14.6 Å². The third kappa shape index (κ3) is 3.70. The van der Waals surface area contributed by atoms with E-state index in [1.54, 1.807) is 6.07 Å². The minimum absolute atomic E-state index is 0.0927. The van der Waals surface area contributed by atoms with Gasteiger partial charge in [0.25, 0.3) is 5.69 Å². The van der Waals surface area contributed by atoms with Crippen molar-refractivity contribution in [3.63, 3.8) is 0 Å². The summed E-state index contributed by atoms with van der Waals surface area (Å²) in [4.78, 5) is 14.3. The number of rotatable bonds is 5. The Morgan fingerprint density at radius 1 is 1.17 bits per heavy atom. The van der Waals surface area contributed by atoms with Gasteiger partial charge in [0.15, 0.2) is 0 Å². The summed E-state index contributed by atoms with van der Waals surface area (Å²) >= 11 is 6.00. The van der Waals surface area contributed by atoms with Crippen molar-refractivity contribution in [2.45, 2.75) is 0 Å². The molecule has 2 aromatic carbocycles. The quantitative estimate of drug-likeness (QED) is 0.475. The molecule has 0 aliphatic carbocycles. The first kappa shape index (κ1) is 16.6. The van der Waals surface area contributed by atoms with Gasteiger partial charge in [-0.05, 0) is 5.56 Å². The van der Waals surface area contributed by atoms with Crippen molar-refractivity contribution in [2.24, 2.45) is 4.99 Å². The van der Waals surface area contributed by atoms with E-state index in [1.807, 2.05) is 0 Å². The number of ether oxygens (including phenoxy) is 2. The van der Waals surface area contributed by atoms with Crippen LogP contribution in [0.25, 0.3) is 0 Å². The second kappa shape index (κ2) is 6.97. The number of hydrogen-bond donors (Lipinski definition) is 0. The first-order chi connectivity index (χ1) is 11.0. The smallest absolute Gasteiger partial charge is 0.270 e. The fourth-order valence-electron chi connectivity index (χ4n) is 1.83. The second-order valence-corrected chi connectivity index (χ2v) is 4.80. The maximum Gasteiger partial charge on any atom is 0.270 e. The van der Waals surface area contributed by atoms with Crippen molar-refractivity contribution >= 4 is 29.2 Å². The lowest BCUT2D eigenvalue weighted by Crippen LogP contribution is -1.98. The summed E-state index contributed by atoms with van der Waals surface area (Å²) in [7, 11) is 2.90. The van der Waals surface area contributed by atoms with Gasteiger partial charge in [0.2, 0.25) is 0 Å². The van der Waals surface area contributed by atoms with E-state index in [9.17, 15) is 15.2 Å². The number of nitrogens with zero attached hydrogens (tertiary/aromatic N) is 2. The Bertz CT molecular complexity index is 777. The van der Waals surface area contributed by atoms with Crippen molar-refractivity contribution in [3.8, 4) is 17.2 Å². The van der Waals surface area contributed by atoms with Crippen LogP contribution in [-0.4, -0.2) is 25.4 Å². The van der Waals surface area contributed by atoms with Crippen LogP contribution in [0.15, 0.2) is 35.3 Å². The molecule has 0 amide bonds. The summed E-state index contributed by atoms with van der Waals surface area (Å²) in [6.07, 6.45) is 1.24. The summed E-state index contributed by atoms with van der Waals surface area (Å²) in [6.45, 7) is 0. The van der Waals surface area contributed by atoms with Gasteiger partial charge in [-0.3, -0.25) is 15.1 Å². The number of aliphatic imine (C=N–C) groups is 1. The zero-order valence-corrected chi connectivity index (χ0v) is 13.0. The summed E-state index contributed by atoms with van der Waals surface area (Å²) in [5.41, 5.74) is 0.279. The van der Waals surface area contributed by atoms with Crippen molar-refractivity contribution in [2.75, 3.05) is 14.2 Å². The van der Waals surface area contributed by atoms with Crippen LogP contribution in [0.3, 0.4) is 0 Å². The summed E-state index contributed by atoms with van der Waals surface area (Å²) < 4.78 is 10.3. The van der Waals surface area contributed by atoms with Gasteiger partial charge in [0.1, 0.15) is 17.2 Å². The topological polar surface area (TPSA) is 97.0 Å². The molecule has 0 aliphatic rings. The molecule has 0 fully saturated rings. The minimum Gasteiger partial charge on any atom is -0.872 e. The number of methoxy groups -OCH3 is 2. The van der Waals surface area contributed by atoms with Crippen LogP contribution in [0.5, 0.6) is 17.2 Å². The number of halogens is 1. The molecule has 7 nitrogen and oxygen atoms in total. The Balaban J connectivity index is 2.44. The van der Waals surface area contributed by atoms with E-state index in [4.69, 9.17) is 21.1 Å². The normalized spacial score (nSPS) is 10.7. The van der Waals surface area contributed by atoms with Crippen LogP contribution in [0.2, 0.25) is 5.02 Å². The van der Waals surface area contributed by atoms with Crippen molar-refractivity contribution in [1.82, 2.24) is 0 Å². The molecule has 0 saturated carbocycles. The molecule has 2 aromatic rings. The molecule has 0 spiro atoms. The van der Waals surface area contributed by atoms with E-state index < -0.39 is 4.92 Å². The molecular weight excluding hydrogens is 324 g/mol. The monoisotopic (exact) mass is 335 g/mol. The standard InChI is InChI=1S/C15H13ClN2O5/c1-22-14-7-12(15(23-2)6-11(14)16)17-8-9-5-10(18(20)21)3-4-13(9)19/h3-8,19H,1-2H3/p-1. The molecule has 8 heteroatoms. The Kier molecular flexibility index (Phi) is 5.02. The molecule has 0 aromatic heterocycles. The Labute approximate surface area is 136 Å². The van der Waals surface area contributed by atoms with Crippen LogP contribution in [-0.2, 0) is 0 Å². The van der Waals surface area contributed by atoms with E-state index >= 15 is 0 Å². The van der Waals surface area contributed by atoms with Gasteiger partial charge in [-0.15, -0.1) is 0 Å². The van der Waals surface area contributed by atoms with Crippen LogP contribution in [0, 0.1) is 10.1 Å². The lowest BCUT2D eigenvalue weighted by molar-refractivity contribution is -0.385. The highest BCUT2D eigenvalue weighted by atomic mass is 35.5. The summed E-state index contributed by atoms with van der Waals surface area (Å²) in [5.74, 6) is 0.394. The van der Waals surface area contributed by atoms with Gasteiger partial charge in [-0.25, -0.2) is 0 Å². The predicted molar refractivity (Wildman–Crippen MR) is 84.4 cm³/mol. The van der Waals surface area contributed by atoms with Gasteiger partial charge in [0.05, 0.1) is 24.2 Å². The Hall–Kier alpha value is -2.80. The molecule has 23 heavy (non-hydrogen) atoms. The highest BCUT2D eigenvalue weighted by Gasteiger charge is 2.10. The Morgan fingerprint density at radius 2 is 1.87 bits per heavy atom. The lowest BCUT2D eigenvalue weighted by Gasteiger charge is -2.10. The predicted octanol–water partition coefficient (Wildman–Crippen LogP) is 3.09. The van der Waals surface area contributed by atoms with Crippen LogP contribution in [0.1, 0.15) is 5.56 Å². The zero-order chi connectivity index (χ0) is 17.0. The van der Waals surface area contributed by atoms with Crippen molar-refractivity contribution < 1.29 is 19.5 Å². The molecule has 0 bridgehead atoms. The highest BCUT2D eigenvalue weighted by Crippen LogP contribution is 2.37. The third-order valence-corrected chi connectivity index (χ3v) is 3.30. The van der Waals surface area contributed by atoms with Gasteiger partial charge in [-0.1, -0.05) is 23.4 Å². The summed E-state index contributed by atoms with van der Waals surface area (Å²) in [6, 6.07) is 6.49. The molecule has 2 rings (SSSR count). The van der Waals surface area contributed by atoms with Crippen molar-refractivity contribution in [1.29, 1.82) is 0 Å². The Morgan fingerprint density at radius 3 is 2.48 bits per heavy atom. The first-order valence-electron chi connectivity index (χ1n) is 6.37. The maximum absolute atomic E-state index is 11.8. The first-order valence-corrected chi connectivity index (χ1v) is 6.75. The van der Waals surface area contributed by atoms with Crippen LogP contribution >= 0.6 is 11.6 Å². The molecule has 0 radical (unpaired) electrons. The number of non-ortho nitro benzene ring substituents is 1. The highest BCUT2D eigenvalue weighted by molar-refractivity contribution is 6.32. The van der Waals surface area contributed by atoms with E-state index in [1.165, 1.54) is 26.5 Å². The van der Waals surface area contributed by atoms with Gasteiger partial charge in [0, 0.05) is 30.5 Å². The van der Waals surface area contributed by atoms with Gasteiger partial charge < -0.3 is 14.6 Å². The molecule has 0 unspecified atom stereocenters. The number of hydrogen-bond acceptors (Lipinski definition) is 6. The molecule has 0 heterocycles. The van der Waals surface area contributed by atoms with E-state index in [-0.39, 0.29) is 17.0 Å². The van der Waals surface area contributed by atoms with Gasteiger partial charge in [-0.2, -0.15) is 0 Å². The average Bonchev–Trinajstić information content (AvgIpc) is 2.54. The molecule has 0 aliphatic heterocycles. The van der Waals surface area contributed by atoms with Gasteiger partial charge >= 0.3 is 0 Å². The maximum atomic E-state index is 11.8. The fourth-order valence-corrected chi connectivity index (χ4v) is 2.07. The molecular formula is C15H12ClN2O5-. The SMILES string of the molecule is COc1cc(N=Cc2cc([N+](=O)[O-])ccc2[O-])c(OC)cc1Cl. The zero-order valence-electron chi connectivity index (χ0n) is 12.3. The molecule has 120 valence electrons. The van der Waals surface area contributed by atoms with Crippen LogP contribution in [0.4, 0.5) is 11.4 Å². The lowest BCUT2D eigenvalue weighted by atomic mass is 10.2. The van der Waals surface area contributed by atoms with E-state index in [0.29, 0.717) is 22.2 Å². The molecule has 0 saturated heterocycles. The minimum atomic E-state index is -0.581. The molecule has 0 atom stereocenters. The molecule has 0 N–H and O–H groups in total. The fraction of sp³-hybridized carbons (Fsp3) is 0.133. The number of nitro benzene ring substituents is 1.